The number of nitrogens with zero attached hydrogens (tertiary/aromatic N) is 1. The van der Waals surface area contributed by atoms with Gasteiger partial charge in [0.15, 0.2) is 6.10 Å². The molecule has 0 aliphatic carbocycles. The Morgan fingerprint density at radius 2 is 2.19 bits per heavy atom. The first-order chi connectivity index (χ1) is 7.58. The largest absolute Gasteiger partial charge is 0.475 e. The summed E-state index contributed by atoms with van der Waals surface area (Å²) in [5.41, 5.74) is 1.79. The molecular weight excluding hydrogens is 202 g/mol. The number of aryl methyl sites for hydroxylation is 1. The molecule has 0 aliphatic rings. The average molecular weight is 219 g/mol. The zero-order chi connectivity index (χ0) is 12.1. The van der Waals surface area contributed by atoms with Crippen molar-refractivity contribution in [2.24, 2.45) is 0 Å². The van der Waals surface area contributed by atoms with Gasteiger partial charge in [0.25, 0.3) is 0 Å². The normalized spacial score (nSPS) is 13.9. The first kappa shape index (κ1) is 12.5. The van der Waals surface area contributed by atoms with Crippen LogP contribution in [0.3, 0.4) is 0 Å². The van der Waals surface area contributed by atoms with Gasteiger partial charge in [-0.3, -0.25) is 0 Å². The molecule has 0 amide bonds. The first-order valence-electron chi connectivity index (χ1n) is 5.43. The summed E-state index contributed by atoms with van der Waals surface area (Å²) < 4.78 is 5.54. The molecule has 0 fully saturated rings. The molecule has 0 radical (unpaired) electrons. The number of nitriles is 1. The molecule has 3 nitrogen and oxygen atoms in total. The quantitative estimate of drug-likeness (QED) is 0.847. The fraction of sp³-hybridized carbons (Fsp3) is 0.462. The van der Waals surface area contributed by atoms with Crippen LogP contribution in [0.25, 0.3) is 0 Å². The fourth-order valence-electron chi connectivity index (χ4n) is 1.42. The van der Waals surface area contributed by atoms with Crippen LogP contribution in [0.2, 0.25) is 0 Å². The SMILES string of the molecule is CCC(C#N)Oc1ccc([C@@H](C)O)cc1C. The molecule has 0 aromatic heterocycles. The highest BCUT2D eigenvalue weighted by atomic mass is 16.5. The van der Waals surface area contributed by atoms with Gasteiger partial charge in [0.1, 0.15) is 11.8 Å². The number of ether oxygens (including phenoxy) is 1. The number of aliphatic hydroxyl groups is 1. The lowest BCUT2D eigenvalue weighted by molar-refractivity contribution is 0.199. The fourth-order valence-corrected chi connectivity index (χ4v) is 1.42. The average Bonchev–Trinajstić information content (AvgIpc) is 2.27. The second kappa shape index (κ2) is 5.53. The molecule has 1 rings (SSSR count). The van der Waals surface area contributed by atoms with Gasteiger partial charge in [0.05, 0.1) is 6.10 Å². The van der Waals surface area contributed by atoms with E-state index in [-0.39, 0.29) is 0 Å². The molecule has 2 atom stereocenters. The molecule has 16 heavy (non-hydrogen) atoms. The van der Waals surface area contributed by atoms with E-state index in [1.165, 1.54) is 0 Å². The highest BCUT2D eigenvalue weighted by Gasteiger charge is 2.09. The third-order valence-corrected chi connectivity index (χ3v) is 2.47. The molecule has 86 valence electrons. The van der Waals surface area contributed by atoms with Crippen LogP contribution in [0, 0.1) is 18.3 Å². The summed E-state index contributed by atoms with van der Waals surface area (Å²) in [4.78, 5) is 0. The van der Waals surface area contributed by atoms with Crippen LogP contribution in [0.1, 0.15) is 37.5 Å². The maximum atomic E-state index is 9.42. The Hall–Kier alpha value is -1.53. The maximum absolute atomic E-state index is 9.42. The molecule has 1 aromatic rings. The van der Waals surface area contributed by atoms with E-state index < -0.39 is 12.2 Å². The number of aliphatic hydroxyl groups excluding tert-OH is 1. The Labute approximate surface area is 96.3 Å². The number of hydrogen-bond acceptors (Lipinski definition) is 3. The minimum absolute atomic E-state index is 0.406. The number of rotatable bonds is 4. The number of benzene rings is 1. The smallest absolute Gasteiger partial charge is 0.184 e. The molecule has 1 unspecified atom stereocenters. The van der Waals surface area contributed by atoms with E-state index in [2.05, 4.69) is 6.07 Å². The Bertz CT molecular complexity index is 393. The summed E-state index contributed by atoms with van der Waals surface area (Å²) in [7, 11) is 0. The molecule has 0 spiro atoms. The topological polar surface area (TPSA) is 53.2 Å². The molecular formula is C13H17NO2. The molecule has 0 aliphatic heterocycles. The molecule has 0 bridgehead atoms. The van der Waals surface area contributed by atoms with Crippen LogP contribution in [-0.2, 0) is 0 Å². The Morgan fingerprint density at radius 1 is 1.50 bits per heavy atom. The van der Waals surface area contributed by atoms with Gasteiger partial charge in [-0.15, -0.1) is 0 Å². The van der Waals surface area contributed by atoms with Crippen molar-refractivity contribution in [3.8, 4) is 11.8 Å². The highest BCUT2D eigenvalue weighted by Crippen LogP contribution is 2.23. The van der Waals surface area contributed by atoms with Crippen molar-refractivity contribution in [3.05, 3.63) is 29.3 Å². The van der Waals surface area contributed by atoms with Gasteiger partial charge >= 0.3 is 0 Å². The molecule has 3 heteroatoms. The monoisotopic (exact) mass is 219 g/mol. The summed E-state index contributed by atoms with van der Waals surface area (Å²) in [5, 5.41) is 18.2. The van der Waals surface area contributed by atoms with Crippen molar-refractivity contribution in [1.29, 1.82) is 5.26 Å². The van der Waals surface area contributed by atoms with Crippen molar-refractivity contribution in [2.75, 3.05) is 0 Å². The molecule has 1 aromatic carbocycles. The summed E-state index contributed by atoms with van der Waals surface area (Å²) >= 11 is 0. The van der Waals surface area contributed by atoms with Crippen molar-refractivity contribution >= 4 is 0 Å². The minimum atomic E-state index is -0.481. The van der Waals surface area contributed by atoms with Crippen molar-refractivity contribution in [3.63, 3.8) is 0 Å². The van der Waals surface area contributed by atoms with Gasteiger partial charge < -0.3 is 9.84 Å². The van der Waals surface area contributed by atoms with E-state index in [9.17, 15) is 5.11 Å². The molecule has 0 saturated carbocycles. The molecule has 0 heterocycles. The van der Waals surface area contributed by atoms with Crippen LogP contribution in [0.4, 0.5) is 0 Å². The van der Waals surface area contributed by atoms with E-state index in [1.54, 1.807) is 13.0 Å². The van der Waals surface area contributed by atoms with Crippen molar-refractivity contribution in [2.45, 2.75) is 39.4 Å². The minimum Gasteiger partial charge on any atom is -0.475 e. The zero-order valence-corrected chi connectivity index (χ0v) is 9.90. The van der Waals surface area contributed by atoms with E-state index in [1.807, 2.05) is 26.0 Å². The van der Waals surface area contributed by atoms with Gasteiger partial charge in [-0.2, -0.15) is 5.26 Å². The summed E-state index contributed by atoms with van der Waals surface area (Å²) in [6.07, 6.45) is -0.226. The van der Waals surface area contributed by atoms with E-state index in [4.69, 9.17) is 10.00 Å². The van der Waals surface area contributed by atoms with Gasteiger partial charge in [-0.05, 0) is 43.5 Å². The standard InChI is InChI=1S/C13H17NO2/c1-4-12(8-14)16-13-6-5-11(10(3)15)7-9(13)2/h5-7,10,12,15H,4H2,1-3H3/t10-,12?/m1/s1. The lowest BCUT2D eigenvalue weighted by Gasteiger charge is -2.14. The highest BCUT2D eigenvalue weighted by molar-refractivity contribution is 5.37. The van der Waals surface area contributed by atoms with Crippen molar-refractivity contribution in [1.82, 2.24) is 0 Å². The maximum Gasteiger partial charge on any atom is 0.184 e. The molecule has 0 saturated heterocycles. The van der Waals surface area contributed by atoms with Crippen LogP contribution in [0.5, 0.6) is 5.75 Å². The lowest BCUT2D eigenvalue weighted by atomic mass is 10.1. The van der Waals surface area contributed by atoms with Crippen LogP contribution in [-0.4, -0.2) is 11.2 Å². The summed E-state index contributed by atoms with van der Waals surface area (Å²) in [5.74, 6) is 0.706. The van der Waals surface area contributed by atoms with Gasteiger partial charge in [-0.1, -0.05) is 13.0 Å². The van der Waals surface area contributed by atoms with Crippen LogP contribution in [0.15, 0.2) is 18.2 Å². The van der Waals surface area contributed by atoms with Crippen LogP contribution < -0.4 is 4.74 Å². The third-order valence-electron chi connectivity index (χ3n) is 2.47. The lowest BCUT2D eigenvalue weighted by Crippen LogP contribution is -2.13. The Balaban J connectivity index is 2.87. The second-order valence-corrected chi connectivity index (χ2v) is 3.84. The zero-order valence-electron chi connectivity index (χ0n) is 9.90. The Morgan fingerprint density at radius 3 is 2.62 bits per heavy atom. The second-order valence-electron chi connectivity index (χ2n) is 3.84. The van der Waals surface area contributed by atoms with Gasteiger partial charge in [-0.25, -0.2) is 0 Å². The molecule has 1 N–H and O–H groups in total. The summed E-state index contributed by atoms with van der Waals surface area (Å²) in [6, 6.07) is 7.59. The summed E-state index contributed by atoms with van der Waals surface area (Å²) in [6.45, 7) is 5.54. The van der Waals surface area contributed by atoms with E-state index >= 15 is 0 Å². The first-order valence-corrected chi connectivity index (χ1v) is 5.43. The number of hydrogen-bond donors (Lipinski definition) is 1. The van der Waals surface area contributed by atoms with Crippen LogP contribution >= 0.6 is 0 Å². The van der Waals surface area contributed by atoms with E-state index in [0.29, 0.717) is 12.2 Å². The van der Waals surface area contributed by atoms with Gasteiger partial charge in [0.2, 0.25) is 0 Å². The van der Waals surface area contributed by atoms with E-state index in [0.717, 1.165) is 11.1 Å². The predicted octanol–water partition coefficient (Wildman–Crippen LogP) is 2.73. The third kappa shape index (κ3) is 2.98. The van der Waals surface area contributed by atoms with Crippen molar-refractivity contribution < 1.29 is 9.84 Å². The van der Waals surface area contributed by atoms with Gasteiger partial charge in [0, 0.05) is 0 Å². The predicted molar refractivity (Wildman–Crippen MR) is 62.1 cm³/mol. The Kier molecular flexibility index (Phi) is 4.33.